The molecule has 143 heavy (non-hydrogen) atoms. The Morgan fingerprint density at radius 3 is 1.32 bits per heavy atom. The van der Waals surface area contributed by atoms with Crippen molar-refractivity contribution >= 4 is 151 Å². The number of hydrogen-bond donors (Lipinski definition) is 5. The number of benzene rings is 4. The molecule has 0 spiro atoms. The molecule has 11 heterocycles. The van der Waals surface area contributed by atoms with Crippen LogP contribution in [0.5, 0.6) is 0 Å². The quantitative estimate of drug-likeness (QED) is 0.0221. The average molecular weight is 1970 g/mol. The molecule has 0 unspecified atom stereocenters. The van der Waals surface area contributed by atoms with E-state index in [1.807, 2.05) is 10.7 Å². The number of nitrogens with zero attached hydrogens (tertiary/aromatic N) is 20. The van der Waals surface area contributed by atoms with Crippen LogP contribution in [0.1, 0.15) is 200 Å². The highest BCUT2D eigenvalue weighted by atomic mass is 16.5. The maximum absolute atomic E-state index is 11.1. The molecule has 0 radical (unpaired) electrons. The summed E-state index contributed by atoms with van der Waals surface area (Å²) in [5, 5.41) is 10.2. The first-order valence-corrected chi connectivity index (χ1v) is 53.3. The molecule has 3 fully saturated rings. The molecule has 9 N–H and O–H groups in total. The van der Waals surface area contributed by atoms with E-state index >= 15 is 0 Å². The van der Waals surface area contributed by atoms with Gasteiger partial charge in [-0.3, -0.25) is 33.7 Å². The Balaban J connectivity index is 0.000000171. The van der Waals surface area contributed by atoms with Crippen LogP contribution >= 0.6 is 0 Å². The second kappa shape index (κ2) is 57.3. The highest BCUT2D eigenvalue weighted by molar-refractivity contribution is 6.11. The molecule has 0 amide bonds. The molecule has 8 aromatic heterocycles. The zero-order chi connectivity index (χ0) is 102. The molecule has 3 aliphatic heterocycles. The van der Waals surface area contributed by atoms with E-state index in [2.05, 4.69) is 209 Å². The summed E-state index contributed by atoms with van der Waals surface area (Å²) in [6.45, 7) is 41.5. The standard InChI is InChI=1S/2C30H47N7O2.C26H39N5O2.C24H34N6O2/c1-5-6-9-27-33-28-29(37(27)14-8-7-13-34(3)19-21-39-20-12-23(2)38)25-22-24(10-11-26(25)32-30(28)31)36-17-15-35(4)16-18-36;1-5-6-9-27-33-28-29(37(27)14-8-7-13-34(3)4)25-22-24(10-11-26(25)32-30(28)31)36-17-15-35(16-18-36)19-21-39-20-12-23(2)38;1-4-5-13-22-29-24-23-20(11-9-12-21(23)28-26(27)25(24)30-22)10-7-6-8-15-31(3)16-18-33-17-14-19(2)32;1-3-4-8-30-17-21-20-6-5-19(16-22(20)26-24(25)23(21)27-30)29-11-9-28(10-12-29)13-15-32-14-7-18(2)31/h2*10-11,22H,5-9,12-21H2,1-4H3,(H2,31,32);9,11-12H,4-8,10,13-18H2,1-3H3,(H2,27,28)(H,29,30);5-6,16-17H,3-4,7-15H2,1-2H3,(H2,25,26). The molecule has 12 aromatic rings. The molecule has 780 valence electrons. The third kappa shape index (κ3) is 32.9. The Morgan fingerprint density at radius 1 is 0.378 bits per heavy atom. The largest absolute Gasteiger partial charge is 0.382 e. The van der Waals surface area contributed by atoms with Gasteiger partial charge in [-0.15, -0.1) is 0 Å². The van der Waals surface area contributed by atoms with Gasteiger partial charge in [-0.25, -0.2) is 34.9 Å². The SMILES string of the molecule is CCCCc1nc2c(N)nc3ccc(N4CCN(C)CC4)cc3c2n1CCCCN(C)CCOCCC(C)=O.CCCCc1nc2c(N)nc3ccc(N4CCN(CCOCCC(C)=O)CC4)cc3c2n1CCCCN(C)C.CCCCc1nc2c([nH]1)c(N)nc1cccc(CCCCCN(C)CCOCCC(C)=O)c12.CCCCn1cc2c(n1)c(N)nc1cc(N3CCN(CCOCCC(C)=O)CC3)ccc12. The van der Waals surface area contributed by atoms with Crippen molar-refractivity contribution in [1.29, 1.82) is 0 Å². The normalized spacial score (nSPS) is 14.1. The topological polar surface area (TPSA) is 372 Å². The minimum atomic E-state index is 0.176. The number of aryl methyl sites for hydroxylation is 7. The Morgan fingerprint density at radius 2 is 0.825 bits per heavy atom. The molecule has 0 saturated carbocycles. The van der Waals surface area contributed by atoms with E-state index in [1.54, 1.807) is 27.7 Å². The molecule has 33 nitrogen and oxygen atoms in total. The zero-order valence-corrected chi connectivity index (χ0v) is 88.5. The number of nitrogens with two attached hydrogens (primary N) is 4. The summed E-state index contributed by atoms with van der Waals surface area (Å²) in [5.74, 6) is 6.01. The summed E-state index contributed by atoms with van der Waals surface area (Å²) in [4.78, 5) is 103. The van der Waals surface area contributed by atoms with E-state index in [0.717, 1.165) is 365 Å². The number of ketones is 4. The van der Waals surface area contributed by atoms with E-state index in [4.69, 9.17) is 66.8 Å². The molecule has 0 aliphatic carbocycles. The van der Waals surface area contributed by atoms with Gasteiger partial charge in [0.15, 0.2) is 17.5 Å². The van der Waals surface area contributed by atoms with Gasteiger partial charge in [0.1, 0.15) is 74.0 Å². The Bertz CT molecular complexity index is 6030. The number of nitrogens with one attached hydrogen (secondary N) is 1. The van der Waals surface area contributed by atoms with Crippen molar-refractivity contribution in [3.63, 3.8) is 0 Å². The predicted octanol–water partition coefficient (Wildman–Crippen LogP) is 15.7. The number of Topliss-reactive ketones (excluding diaryl/α,β-unsaturated/α-hetero) is 4. The van der Waals surface area contributed by atoms with Gasteiger partial charge in [0.05, 0.1) is 86.0 Å². The first-order chi connectivity index (χ1) is 69.3. The maximum Gasteiger partial charge on any atom is 0.152 e. The smallest absolute Gasteiger partial charge is 0.152 e. The van der Waals surface area contributed by atoms with Crippen LogP contribution in [0.25, 0.3) is 87.6 Å². The molecular weight excluding hydrogens is 1800 g/mol. The summed E-state index contributed by atoms with van der Waals surface area (Å²) in [6, 6.07) is 26.0. The van der Waals surface area contributed by atoms with Crippen LogP contribution in [0, 0.1) is 0 Å². The van der Waals surface area contributed by atoms with Crippen LogP contribution in [0.2, 0.25) is 0 Å². The lowest BCUT2D eigenvalue weighted by Crippen LogP contribution is -2.47. The number of imidazole rings is 3. The number of piperazine rings is 3. The lowest BCUT2D eigenvalue weighted by molar-refractivity contribution is -0.119. The van der Waals surface area contributed by atoms with Crippen LogP contribution in [0.3, 0.4) is 0 Å². The Labute approximate surface area is 847 Å². The number of aromatic nitrogens is 12. The van der Waals surface area contributed by atoms with E-state index in [-0.39, 0.29) is 23.1 Å². The van der Waals surface area contributed by atoms with Crippen molar-refractivity contribution in [2.75, 3.05) is 250 Å². The third-order valence-electron chi connectivity index (χ3n) is 27.6. The minimum Gasteiger partial charge on any atom is -0.382 e. The fourth-order valence-corrected chi connectivity index (χ4v) is 18.9. The number of rotatable bonds is 55. The third-order valence-corrected chi connectivity index (χ3v) is 27.6. The van der Waals surface area contributed by atoms with Crippen LogP contribution in [0.15, 0.2) is 79.0 Å². The predicted molar refractivity (Wildman–Crippen MR) is 586 cm³/mol. The van der Waals surface area contributed by atoms with Crippen molar-refractivity contribution in [3.8, 4) is 0 Å². The fourth-order valence-electron chi connectivity index (χ4n) is 18.9. The summed E-state index contributed by atoms with van der Waals surface area (Å²) >= 11 is 0. The van der Waals surface area contributed by atoms with Crippen molar-refractivity contribution < 1.29 is 38.1 Å². The van der Waals surface area contributed by atoms with E-state index < -0.39 is 0 Å². The molecule has 0 atom stereocenters. The van der Waals surface area contributed by atoms with E-state index in [1.165, 1.54) is 29.0 Å². The molecule has 33 heteroatoms. The van der Waals surface area contributed by atoms with Gasteiger partial charge in [0, 0.05) is 219 Å². The second-order valence-corrected chi connectivity index (χ2v) is 39.7. The number of H-pyrrole nitrogens is 1. The summed E-state index contributed by atoms with van der Waals surface area (Å²) < 4.78 is 29.2. The second-order valence-electron chi connectivity index (χ2n) is 39.7. The molecule has 3 saturated heterocycles. The van der Waals surface area contributed by atoms with Gasteiger partial charge in [-0.2, -0.15) is 5.10 Å². The van der Waals surface area contributed by atoms with E-state index in [9.17, 15) is 19.2 Å². The lowest BCUT2D eigenvalue weighted by atomic mass is 10.0. The first-order valence-electron chi connectivity index (χ1n) is 53.3. The summed E-state index contributed by atoms with van der Waals surface area (Å²) in [5.41, 5.74) is 40.7. The fraction of sp³-hybridized carbons (Fsp3) is 0.600. The van der Waals surface area contributed by atoms with Crippen molar-refractivity contribution in [3.05, 3.63) is 102 Å². The maximum atomic E-state index is 11.1. The Hall–Kier alpha value is -10.7. The summed E-state index contributed by atoms with van der Waals surface area (Å²) in [6.07, 6.45) is 24.7. The highest BCUT2D eigenvalue weighted by Crippen LogP contribution is 2.38. The number of hydrogen-bond acceptors (Lipinski definition) is 29. The van der Waals surface area contributed by atoms with E-state index in [0.29, 0.717) is 102 Å². The molecular formula is C110H167N25O8. The van der Waals surface area contributed by atoms with Crippen LogP contribution < -0.4 is 37.6 Å². The molecule has 0 bridgehead atoms. The van der Waals surface area contributed by atoms with Gasteiger partial charge in [0.2, 0.25) is 0 Å². The average Bonchev–Trinajstić information content (AvgIpc) is 1.61. The van der Waals surface area contributed by atoms with Crippen molar-refractivity contribution in [2.45, 2.75) is 223 Å². The number of unbranched alkanes of at least 4 members (excludes halogenated alkanes) is 8. The lowest BCUT2D eigenvalue weighted by Gasteiger charge is -2.36. The van der Waals surface area contributed by atoms with Gasteiger partial charge < -0.3 is 90.3 Å². The number of anilines is 7. The van der Waals surface area contributed by atoms with Gasteiger partial charge in [-0.05, 0) is 213 Å². The number of pyridine rings is 4. The minimum absolute atomic E-state index is 0.176. The number of aromatic amines is 1. The van der Waals surface area contributed by atoms with Crippen LogP contribution in [-0.2, 0) is 83.4 Å². The van der Waals surface area contributed by atoms with Crippen LogP contribution in [0.4, 0.5) is 40.3 Å². The number of fused-ring (bicyclic) bond motifs is 12. The van der Waals surface area contributed by atoms with Gasteiger partial charge in [0.25, 0.3) is 0 Å². The molecule has 4 aromatic carbocycles. The van der Waals surface area contributed by atoms with Crippen molar-refractivity contribution in [2.24, 2.45) is 0 Å². The van der Waals surface area contributed by atoms with Crippen LogP contribution in [-0.4, -0.2) is 324 Å². The highest BCUT2D eigenvalue weighted by Gasteiger charge is 2.27. The monoisotopic (exact) mass is 1970 g/mol. The zero-order valence-electron chi connectivity index (χ0n) is 88.5. The molecule has 15 rings (SSSR count). The number of carbonyl (C=O) groups is 4. The summed E-state index contributed by atoms with van der Waals surface area (Å²) in [7, 11) is 10.7. The number of likely N-dealkylation sites (N-methyl/N-ethyl adjacent to an activating group) is 3. The van der Waals surface area contributed by atoms with Gasteiger partial charge >= 0.3 is 0 Å². The number of nitrogen functional groups attached to an aromatic ring is 4. The van der Waals surface area contributed by atoms with Crippen molar-refractivity contribution in [1.82, 2.24) is 88.2 Å². The molecule has 3 aliphatic rings. The number of ether oxygens (including phenoxy) is 4. The number of carbonyl (C=O) groups excluding carboxylic acids is 4. The van der Waals surface area contributed by atoms with Gasteiger partial charge in [-0.1, -0.05) is 78.0 Å². The Kier molecular flexibility index (Phi) is 44.5. The first kappa shape index (κ1) is 111.